The van der Waals surface area contributed by atoms with E-state index in [1.54, 1.807) is 10.7 Å². The van der Waals surface area contributed by atoms with E-state index < -0.39 is 0 Å². The molecule has 0 spiro atoms. The lowest BCUT2D eigenvalue weighted by Gasteiger charge is -2.09. The average Bonchev–Trinajstić information content (AvgIpc) is 3.15. The van der Waals surface area contributed by atoms with Crippen LogP contribution in [0, 0.1) is 13.8 Å². The summed E-state index contributed by atoms with van der Waals surface area (Å²) in [6.07, 6.45) is 1.71. The Morgan fingerprint density at radius 2 is 1.93 bits per heavy atom. The van der Waals surface area contributed by atoms with Gasteiger partial charge in [0.25, 0.3) is 11.7 Å². The molecule has 7 nitrogen and oxygen atoms in total. The number of carbonyl (C=O) groups excluding carboxylic acids is 1. The van der Waals surface area contributed by atoms with Gasteiger partial charge < -0.3 is 5.32 Å². The molecule has 4 aromatic rings. The predicted octanol–water partition coefficient (Wildman–Crippen LogP) is 3.36. The van der Waals surface area contributed by atoms with Crippen LogP contribution in [0.4, 0.5) is 0 Å². The maximum absolute atomic E-state index is 12.7. The monoisotopic (exact) mass is 404 g/mol. The Kier molecular flexibility index (Phi) is 5.53. The van der Waals surface area contributed by atoms with Crippen molar-refractivity contribution in [1.82, 2.24) is 29.9 Å². The van der Waals surface area contributed by atoms with Crippen molar-refractivity contribution in [3.05, 3.63) is 82.9 Å². The first-order valence-corrected chi connectivity index (χ1v) is 10.2. The van der Waals surface area contributed by atoms with Gasteiger partial charge in [0.1, 0.15) is 0 Å². The van der Waals surface area contributed by atoms with Crippen LogP contribution in [-0.2, 0) is 12.3 Å². The van der Waals surface area contributed by atoms with Crippen LogP contribution in [0.3, 0.4) is 0 Å². The molecular formula is C21H20N6OS. The highest BCUT2D eigenvalue weighted by Crippen LogP contribution is 2.22. The summed E-state index contributed by atoms with van der Waals surface area (Å²) in [5.74, 6) is 1.05. The lowest BCUT2D eigenvalue weighted by atomic mass is 10.1. The zero-order valence-electron chi connectivity index (χ0n) is 16.2. The number of aromatic nitrogens is 5. The summed E-state index contributed by atoms with van der Waals surface area (Å²) in [6.45, 7) is 4.31. The maximum Gasteiger partial charge on any atom is 0.253 e. The van der Waals surface area contributed by atoms with Gasteiger partial charge in [-0.3, -0.25) is 9.78 Å². The van der Waals surface area contributed by atoms with Crippen LogP contribution in [-0.4, -0.2) is 30.5 Å². The third-order valence-corrected chi connectivity index (χ3v) is 5.26. The summed E-state index contributed by atoms with van der Waals surface area (Å²) < 4.78 is 1.74. The van der Waals surface area contributed by atoms with Crippen LogP contribution < -0.4 is 5.32 Å². The van der Waals surface area contributed by atoms with Crippen LogP contribution in [0.2, 0.25) is 0 Å². The minimum Gasteiger partial charge on any atom is -0.346 e. The molecule has 0 atom stereocenters. The Balaban J connectivity index is 1.47. The fourth-order valence-electron chi connectivity index (χ4n) is 2.99. The van der Waals surface area contributed by atoms with Gasteiger partial charge in [0.15, 0.2) is 0 Å². The Bertz CT molecular complexity index is 1160. The first-order valence-electron chi connectivity index (χ1n) is 9.20. The SMILES string of the molecule is Cc1cc(C)n2nc(SCc3ccccc3C(=O)NCc3ccccn3)nc2n1. The van der Waals surface area contributed by atoms with E-state index in [9.17, 15) is 4.79 Å². The van der Waals surface area contributed by atoms with Crippen LogP contribution in [0.5, 0.6) is 0 Å². The molecule has 4 rings (SSSR count). The number of aryl methyl sites for hydroxylation is 2. The highest BCUT2D eigenvalue weighted by molar-refractivity contribution is 7.98. The van der Waals surface area contributed by atoms with E-state index in [2.05, 4.69) is 25.4 Å². The highest BCUT2D eigenvalue weighted by Gasteiger charge is 2.13. The Morgan fingerprint density at radius 3 is 2.76 bits per heavy atom. The molecule has 0 aliphatic heterocycles. The largest absolute Gasteiger partial charge is 0.346 e. The van der Waals surface area contributed by atoms with Crippen molar-refractivity contribution in [1.29, 1.82) is 0 Å². The van der Waals surface area contributed by atoms with Crippen LogP contribution in [0.25, 0.3) is 5.78 Å². The third-order valence-electron chi connectivity index (χ3n) is 4.37. The van der Waals surface area contributed by atoms with E-state index in [-0.39, 0.29) is 5.91 Å². The van der Waals surface area contributed by atoms with Gasteiger partial charge >= 0.3 is 0 Å². The van der Waals surface area contributed by atoms with Crippen molar-refractivity contribution < 1.29 is 4.79 Å². The maximum atomic E-state index is 12.7. The summed E-state index contributed by atoms with van der Waals surface area (Å²) >= 11 is 1.48. The number of amides is 1. The van der Waals surface area contributed by atoms with Gasteiger partial charge in [-0.1, -0.05) is 36.0 Å². The molecule has 29 heavy (non-hydrogen) atoms. The molecule has 0 aliphatic rings. The molecule has 1 N–H and O–H groups in total. The summed E-state index contributed by atoms with van der Waals surface area (Å²) in [6, 6.07) is 15.2. The van der Waals surface area contributed by atoms with Gasteiger partial charge in [-0.15, -0.1) is 5.10 Å². The summed E-state index contributed by atoms with van der Waals surface area (Å²) in [7, 11) is 0. The lowest BCUT2D eigenvalue weighted by molar-refractivity contribution is 0.0949. The molecule has 1 amide bonds. The van der Waals surface area contributed by atoms with E-state index in [0.29, 0.717) is 28.8 Å². The average molecular weight is 404 g/mol. The number of carbonyl (C=O) groups is 1. The number of nitrogens with zero attached hydrogens (tertiary/aromatic N) is 5. The summed E-state index contributed by atoms with van der Waals surface area (Å²) in [4.78, 5) is 25.8. The zero-order valence-corrected chi connectivity index (χ0v) is 17.0. The fraction of sp³-hybridized carbons (Fsp3) is 0.190. The van der Waals surface area contributed by atoms with Crippen molar-refractivity contribution in [2.75, 3.05) is 0 Å². The second-order valence-electron chi connectivity index (χ2n) is 6.59. The van der Waals surface area contributed by atoms with Crippen LogP contribution in [0.15, 0.2) is 59.9 Å². The first-order chi connectivity index (χ1) is 14.1. The van der Waals surface area contributed by atoms with Crippen LogP contribution in [0.1, 0.15) is 33.0 Å². The minimum atomic E-state index is -0.122. The second kappa shape index (κ2) is 8.40. The van der Waals surface area contributed by atoms with E-state index in [4.69, 9.17) is 0 Å². The third kappa shape index (κ3) is 4.43. The fourth-order valence-corrected chi connectivity index (χ4v) is 3.81. The Hall–Kier alpha value is -3.26. The molecule has 0 saturated carbocycles. The normalized spacial score (nSPS) is 11.0. The molecule has 8 heteroatoms. The molecule has 1 aromatic carbocycles. The van der Waals surface area contributed by atoms with Gasteiger partial charge in [-0.25, -0.2) is 9.50 Å². The smallest absolute Gasteiger partial charge is 0.253 e. The molecule has 0 fully saturated rings. The molecule has 0 radical (unpaired) electrons. The number of rotatable bonds is 6. The van der Waals surface area contributed by atoms with Gasteiger partial charge in [-0.05, 0) is 43.7 Å². The number of nitrogens with one attached hydrogen (secondary N) is 1. The standard InChI is InChI=1S/C21H20N6OS/c1-14-11-15(2)27-20(24-14)25-21(26-27)29-13-16-7-3-4-9-18(16)19(28)23-12-17-8-5-6-10-22-17/h3-11H,12-13H2,1-2H3,(H,23,28). The first kappa shape index (κ1) is 19.1. The highest BCUT2D eigenvalue weighted by atomic mass is 32.2. The predicted molar refractivity (Wildman–Crippen MR) is 112 cm³/mol. The van der Waals surface area contributed by atoms with Gasteiger partial charge in [0.05, 0.1) is 12.2 Å². The topological polar surface area (TPSA) is 85.1 Å². The van der Waals surface area contributed by atoms with Gasteiger partial charge in [0, 0.05) is 28.9 Å². The molecule has 0 saturated heterocycles. The molecule has 0 unspecified atom stereocenters. The number of hydrogen-bond donors (Lipinski definition) is 1. The Morgan fingerprint density at radius 1 is 1.10 bits per heavy atom. The van der Waals surface area contributed by atoms with Crippen molar-refractivity contribution >= 4 is 23.4 Å². The molecule has 3 aromatic heterocycles. The minimum absolute atomic E-state index is 0.122. The Labute approximate surface area is 172 Å². The van der Waals surface area contributed by atoms with E-state index in [1.807, 2.05) is 62.4 Å². The van der Waals surface area contributed by atoms with Gasteiger partial charge in [-0.2, -0.15) is 4.98 Å². The van der Waals surface area contributed by atoms with Crippen molar-refractivity contribution in [2.45, 2.75) is 31.3 Å². The molecular weight excluding hydrogens is 384 g/mol. The number of thioether (sulfide) groups is 1. The molecule has 0 bridgehead atoms. The van der Waals surface area contributed by atoms with Crippen molar-refractivity contribution in [2.24, 2.45) is 0 Å². The lowest BCUT2D eigenvalue weighted by Crippen LogP contribution is -2.24. The van der Waals surface area contributed by atoms with Crippen LogP contribution >= 0.6 is 11.8 Å². The van der Waals surface area contributed by atoms with Crippen molar-refractivity contribution in [3.8, 4) is 0 Å². The van der Waals surface area contributed by atoms with E-state index >= 15 is 0 Å². The molecule has 146 valence electrons. The quantitative estimate of drug-likeness (QED) is 0.496. The number of pyridine rings is 1. The zero-order chi connectivity index (χ0) is 20.2. The number of hydrogen-bond acceptors (Lipinski definition) is 6. The second-order valence-corrected chi connectivity index (χ2v) is 7.54. The molecule has 0 aliphatic carbocycles. The number of fused-ring (bicyclic) bond motifs is 1. The molecule has 3 heterocycles. The summed E-state index contributed by atoms with van der Waals surface area (Å²) in [5.41, 5.74) is 4.29. The van der Waals surface area contributed by atoms with Gasteiger partial charge in [0.2, 0.25) is 5.16 Å². The van der Waals surface area contributed by atoms with E-state index in [1.165, 1.54) is 11.8 Å². The summed E-state index contributed by atoms with van der Waals surface area (Å²) in [5, 5.41) is 8.08. The van der Waals surface area contributed by atoms with E-state index in [0.717, 1.165) is 22.6 Å². The van der Waals surface area contributed by atoms with Crippen molar-refractivity contribution in [3.63, 3.8) is 0 Å². The number of benzene rings is 1.